The van der Waals surface area contributed by atoms with Crippen LogP contribution in [-0.2, 0) is 0 Å². The number of pyridine rings is 1. The van der Waals surface area contributed by atoms with E-state index in [-0.39, 0.29) is 5.56 Å². The number of carbonyl (C=O) groups is 1. The van der Waals surface area contributed by atoms with Gasteiger partial charge in [0.05, 0.1) is 0 Å². The van der Waals surface area contributed by atoms with Crippen LogP contribution in [0.5, 0.6) is 0 Å². The van der Waals surface area contributed by atoms with Crippen molar-refractivity contribution in [2.75, 3.05) is 6.54 Å². The zero-order valence-electron chi connectivity index (χ0n) is 8.11. The lowest BCUT2D eigenvalue weighted by Crippen LogP contribution is -2.36. The van der Waals surface area contributed by atoms with E-state index in [1.54, 1.807) is 0 Å². The van der Waals surface area contributed by atoms with Crippen LogP contribution < -0.4 is 10.9 Å². The molecule has 0 saturated heterocycles. The summed E-state index contributed by atoms with van der Waals surface area (Å²) in [6.45, 7) is -0.566. The monoisotopic (exact) mass is 232 g/mol. The molecule has 0 bridgehead atoms. The number of aromatic nitrogens is 1. The normalized spacial score (nSPS) is 12.5. The molecule has 1 rings (SSSR count). The highest BCUT2D eigenvalue weighted by Crippen LogP contribution is 1.99. The second-order valence-corrected chi connectivity index (χ2v) is 3.05. The highest BCUT2D eigenvalue weighted by molar-refractivity contribution is 5.93. The highest BCUT2D eigenvalue weighted by atomic mass is 19.3. The standard InChI is InChI=1S/C9H10F2N2O3/c10-8(11)6(14)4-13-9(16)5-1-2-12-7(15)3-5/h1-3,6,8,14H,4H2,(H,12,15)(H,13,16). The summed E-state index contributed by atoms with van der Waals surface area (Å²) in [4.78, 5) is 24.4. The number of H-pyrrole nitrogens is 1. The van der Waals surface area contributed by atoms with Gasteiger partial charge in [-0.3, -0.25) is 9.59 Å². The number of alkyl halides is 2. The fourth-order valence-electron chi connectivity index (χ4n) is 0.974. The Hall–Kier alpha value is -1.76. The molecule has 0 fully saturated rings. The van der Waals surface area contributed by atoms with Crippen molar-refractivity contribution in [3.05, 3.63) is 34.2 Å². The van der Waals surface area contributed by atoms with Crippen molar-refractivity contribution in [1.82, 2.24) is 10.3 Å². The molecule has 1 heterocycles. The summed E-state index contributed by atoms with van der Waals surface area (Å²) in [5.74, 6) is -0.689. The van der Waals surface area contributed by atoms with Gasteiger partial charge in [0.2, 0.25) is 5.56 Å². The van der Waals surface area contributed by atoms with Crippen molar-refractivity contribution in [2.24, 2.45) is 0 Å². The van der Waals surface area contributed by atoms with Crippen LogP contribution in [0.3, 0.4) is 0 Å². The zero-order valence-corrected chi connectivity index (χ0v) is 8.11. The Balaban J connectivity index is 2.57. The molecule has 0 aliphatic rings. The zero-order chi connectivity index (χ0) is 12.1. The number of nitrogens with one attached hydrogen (secondary N) is 2. The van der Waals surface area contributed by atoms with Gasteiger partial charge in [0.25, 0.3) is 12.3 Å². The number of hydrogen-bond acceptors (Lipinski definition) is 3. The Kier molecular flexibility index (Phi) is 4.12. The molecule has 0 spiro atoms. The summed E-state index contributed by atoms with van der Waals surface area (Å²) in [6, 6.07) is 2.36. The van der Waals surface area contributed by atoms with Crippen LogP contribution in [0.15, 0.2) is 23.1 Å². The maximum absolute atomic E-state index is 11.9. The van der Waals surface area contributed by atoms with Gasteiger partial charge in [-0.2, -0.15) is 0 Å². The number of carbonyl (C=O) groups excluding carboxylic acids is 1. The van der Waals surface area contributed by atoms with Crippen molar-refractivity contribution in [1.29, 1.82) is 0 Å². The predicted molar refractivity (Wildman–Crippen MR) is 51.4 cm³/mol. The first-order chi connectivity index (χ1) is 7.50. The molecule has 5 nitrogen and oxygen atoms in total. The number of aliphatic hydroxyl groups excluding tert-OH is 1. The van der Waals surface area contributed by atoms with E-state index in [1.165, 1.54) is 12.3 Å². The van der Waals surface area contributed by atoms with Gasteiger partial charge in [0, 0.05) is 24.4 Å². The number of rotatable bonds is 4. The largest absolute Gasteiger partial charge is 0.385 e. The van der Waals surface area contributed by atoms with Gasteiger partial charge >= 0.3 is 0 Å². The Labute approximate surface area is 89.1 Å². The number of amides is 1. The van der Waals surface area contributed by atoms with Gasteiger partial charge in [-0.15, -0.1) is 0 Å². The van der Waals surface area contributed by atoms with Crippen LogP contribution >= 0.6 is 0 Å². The second kappa shape index (κ2) is 5.36. The molecule has 0 aliphatic carbocycles. The minimum Gasteiger partial charge on any atom is -0.385 e. The molecule has 16 heavy (non-hydrogen) atoms. The fourth-order valence-corrected chi connectivity index (χ4v) is 0.974. The molecule has 3 N–H and O–H groups in total. The number of hydrogen-bond donors (Lipinski definition) is 3. The van der Waals surface area contributed by atoms with Crippen molar-refractivity contribution < 1.29 is 18.7 Å². The minimum atomic E-state index is -2.92. The van der Waals surface area contributed by atoms with E-state index in [4.69, 9.17) is 5.11 Å². The molecule has 0 aromatic carbocycles. The molecule has 0 saturated carbocycles. The van der Waals surface area contributed by atoms with E-state index in [2.05, 4.69) is 10.3 Å². The predicted octanol–water partition coefficient (Wildman–Crippen LogP) is -0.269. The first-order valence-corrected chi connectivity index (χ1v) is 4.44. The number of aliphatic hydroxyl groups is 1. The van der Waals surface area contributed by atoms with Crippen LogP contribution in [-0.4, -0.2) is 35.1 Å². The average molecular weight is 232 g/mol. The molecule has 88 valence electrons. The van der Waals surface area contributed by atoms with Crippen LogP contribution in [0.1, 0.15) is 10.4 Å². The molecule has 0 aliphatic heterocycles. The maximum Gasteiger partial charge on any atom is 0.265 e. The molecule has 1 unspecified atom stereocenters. The van der Waals surface area contributed by atoms with E-state index < -0.39 is 30.5 Å². The Bertz CT molecular complexity index is 419. The molecule has 0 radical (unpaired) electrons. The summed E-state index contributed by atoms with van der Waals surface area (Å²) in [6.07, 6.45) is -3.56. The third-order valence-electron chi connectivity index (χ3n) is 1.80. The van der Waals surface area contributed by atoms with Crippen LogP contribution in [0.4, 0.5) is 8.78 Å². The second-order valence-electron chi connectivity index (χ2n) is 3.05. The summed E-state index contributed by atoms with van der Waals surface area (Å²) in [5.41, 5.74) is -0.424. The van der Waals surface area contributed by atoms with Crippen LogP contribution in [0, 0.1) is 0 Å². The van der Waals surface area contributed by atoms with E-state index in [9.17, 15) is 18.4 Å². The van der Waals surface area contributed by atoms with E-state index >= 15 is 0 Å². The SMILES string of the molecule is O=C(NCC(O)C(F)F)c1cc[nH]c(=O)c1. The lowest BCUT2D eigenvalue weighted by atomic mass is 10.2. The molecular formula is C9H10F2N2O3. The lowest BCUT2D eigenvalue weighted by molar-refractivity contribution is -0.00270. The quantitative estimate of drug-likeness (QED) is 0.668. The first-order valence-electron chi connectivity index (χ1n) is 4.44. The van der Waals surface area contributed by atoms with E-state index in [0.29, 0.717) is 0 Å². The van der Waals surface area contributed by atoms with Gasteiger partial charge in [-0.1, -0.05) is 0 Å². The van der Waals surface area contributed by atoms with Crippen LogP contribution in [0.2, 0.25) is 0 Å². The van der Waals surface area contributed by atoms with E-state index in [0.717, 1.165) is 6.07 Å². The third-order valence-corrected chi connectivity index (χ3v) is 1.80. The van der Waals surface area contributed by atoms with Crippen molar-refractivity contribution >= 4 is 5.91 Å². The average Bonchev–Trinajstić information content (AvgIpc) is 2.25. The molecule has 1 atom stereocenters. The van der Waals surface area contributed by atoms with Gasteiger partial charge in [0.1, 0.15) is 6.10 Å². The molecule has 1 aromatic rings. The van der Waals surface area contributed by atoms with Gasteiger partial charge in [0.15, 0.2) is 0 Å². The molecular weight excluding hydrogens is 222 g/mol. The van der Waals surface area contributed by atoms with Crippen molar-refractivity contribution in [3.8, 4) is 0 Å². The molecule has 7 heteroatoms. The topological polar surface area (TPSA) is 82.2 Å². The van der Waals surface area contributed by atoms with Gasteiger partial charge < -0.3 is 15.4 Å². The van der Waals surface area contributed by atoms with Crippen molar-refractivity contribution in [2.45, 2.75) is 12.5 Å². The van der Waals surface area contributed by atoms with Gasteiger partial charge in [-0.25, -0.2) is 8.78 Å². The van der Waals surface area contributed by atoms with Gasteiger partial charge in [-0.05, 0) is 6.07 Å². The maximum atomic E-state index is 11.9. The third kappa shape index (κ3) is 3.43. The number of halogens is 2. The molecule has 1 amide bonds. The lowest BCUT2D eigenvalue weighted by Gasteiger charge is -2.10. The fraction of sp³-hybridized carbons (Fsp3) is 0.333. The Morgan fingerprint density at radius 1 is 1.56 bits per heavy atom. The Morgan fingerprint density at radius 2 is 2.25 bits per heavy atom. The van der Waals surface area contributed by atoms with Crippen molar-refractivity contribution in [3.63, 3.8) is 0 Å². The van der Waals surface area contributed by atoms with E-state index in [1.807, 2.05) is 0 Å². The molecule has 1 aromatic heterocycles. The Morgan fingerprint density at radius 3 is 2.81 bits per heavy atom. The summed E-state index contributed by atoms with van der Waals surface area (Å²) < 4.78 is 23.8. The summed E-state index contributed by atoms with van der Waals surface area (Å²) in [7, 11) is 0. The summed E-state index contributed by atoms with van der Waals surface area (Å²) in [5, 5.41) is 10.8. The smallest absolute Gasteiger partial charge is 0.265 e. The van der Waals surface area contributed by atoms with Crippen LogP contribution in [0.25, 0.3) is 0 Å². The summed E-state index contributed by atoms with van der Waals surface area (Å²) >= 11 is 0. The highest BCUT2D eigenvalue weighted by Gasteiger charge is 2.17. The minimum absolute atomic E-state index is 0.0465. The number of aromatic amines is 1. The first kappa shape index (κ1) is 12.3.